The van der Waals surface area contributed by atoms with Gasteiger partial charge in [0.05, 0.1) is 5.60 Å². The molecule has 2 N–H and O–H groups in total. The van der Waals surface area contributed by atoms with Gasteiger partial charge in [-0.2, -0.15) is 0 Å². The zero-order valence-corrected chi connectivity index (χ0v) is 11.6. The molecule has 0 saturated heterocycles. The molecule has 1 fully saturated rings. The van der Waals surface area contributed by atoms with Crippen molar-refractivity contribution in [2.75, 3.05) is 0 Å². The highest BCUT2D eigenvalue weighted by Crippen LogP contribution is 2.55. The molecular formula is C15H20O4. The van der Waals surface area contributed by atoms with Crippen LogP contribution in [0.25, 0.3) is 0 Å². The molecule has 4 nitrogen and oxygen atoms in total. The lowest BCUT2D eigenvalue weighted by atomic mass is 9.59. The minimum atomic E-state index is -1.52. The Morgan fingerprint density at radius 2 is 2.05 bits per heavy atom. The van der Waals surface area contributed by atoms with E-state index in [9.17, 15) is 15.0 Å². The van der Waals surface area contributed by atoms with Gasteiger partial charge in [-0.1, -0.05) is 18.6 Å². The summed E-state index contributed by atoms with van der Waals surface area (Å²) in [6, 6.07) is 0. The van der Waals surface area contributed by atoms with Gasteiger partial charge in [0.15, 0.2) is 0 Å². The van der Waals surface area contributed by atoms with Gasteiger partial charge in [0.1, 0.15) is 0 Å². The molecule has 0 aromatic heterocycles. The van der Waals surface area contributed by atoms with E-state index >= 15 is 0 Å². The average molecular weight is 264 g/mol. The molecular weight excluding hydrogens is 244 g/mol. The lowest BCUT2D eigenvalue weighted by molar-refractivity contribution is -0.214. The lowest BCUT2D eigenvalue weighted by Gasteiger charge is -2.51. The van der Waals surface area contributed by atoms with Gasteiger partial charge in [0.2, 0.25) is 5.79 Å². The first-order valence-electron chi connectivity index (χ1n) is 6.84. The standard InChI is InChI=1S/C15H20O4/c1-8-4-5-14(17)9(2)7-15(18)12(11(14)6-8)10(3)13(16)19-15/h6,9,11,17-18H,4-5,7H2,1-3H3/t9-,11-,14-,15+/m1/s1. The Morgan fingerprint density at radius 1 is 1.37 bits per heavy atom. The van der Waals surface area contributed by atoms with E-state index < -0.39 is 17.4 Å². The Labute approximate surface area is 112 Å². The fourth-order valence-corrected chi connectivity index (χ4v) is 3.86. The number of esters is 1. The van der Waals surface area contributed by atoms with E-state index in [1.54, 1.807) is 6.92 Å². The Hall–Kier alpha value is -1.13. The zero-order valence-electron chi connectivity index (χ0n) is 11.6. The highest BCUT2D eigenvalue weighted by molar-refractivity contribution is 5.92. The minimum Gasteiger partial charge on any atom is -0.426 e. The van der Waals surface area contributed by atoms with E-state index in [-0.39, 0.29) is 18.3 Å². The number of hydrogen-bond donors (Lipinski definition) is 2. The molecule has 4 atom stereocenters. The first-order chi connectivity index (χ1) is 8.78. The molecule has 1 heterocycles. The van der Waals surface area contributed by atoms with Gasteiger partial charge in [-0.25, -0.2) is 4.79 Å². The van der Waals surface area contributed by atoms with Crippen LogP contribution in [0.5, 0.6) is 0 Å². The number of hydrogen-bond acceptors (Lipinski definition) is 4. The lowest BCUT2D eigenvalue weighted by Crippen LogP contribution is -2.56. The number of fused-ring (bicyclic) bond motifs is 3. The number of allylic oxidation sites excluding steroid dienone is 1. The van der Waals surface area contributed by atoms with Crippen LogP contribution in [0.15, 0.2) is 22.8 Å². The number of carbonyl (C=O) groups excluding carboxylic acids is 1. The monoisotopic (exact) mass is 264 g/mol. The van der Waals surface area contributed by atoms with Crippen LogP contribution in [0.1, 0.15) is 40.0 Å². The maximum atomic E-state index is 11.8. The summed E-state index contributed by atoms with van der Waals surface area (Å²) in [7, 11) is 0. The molecule has 1 saturated carbocycles. The molecule has 4 heteroatoms. The van der Waals surface area contributed by atoms with Gasteiger partial charge >= 0.3 is 5.97 Å². The Bertz CT molecular complexity index is 518. The Kier molecular flexibility index (Phi) is 2.51. The zero-order chi connectivity index (χ0) is 14.0. The van der Waals surface area contributed by atoms with Gasteiger partial charge in [-0.15, -0.1) is 0 Å². The van der Waals surface area contributed by atoms with Crippen LogP contribution in [-0.2, 0) is 9.53 Å². The summed E-state index contributed by atoms with van der Waals surface area (Å²) in [6.07, 6.45) is 3.79. The van der Waals surface area contributed by atoms with Crippen molar-refractivity contribution in [3.05, 3.63) is 22.8 Å². The van der Waals surface area contributed by atoms with E-state index in [1.165, 1.54) is 5.57 Å². The molecule has 0 amide bonds. The van der Waals surface area contributed by atoms with Crippen molar-refractivity contribution in [1.82, 2.24) is 0 Å². The average Bonchev–Trinajstić information content (AvgIpc) is 2.53. The van der Waals surface area contributed by atoms with E-state index in [1.807, 2.05) is 19.9 Å². The van der Waals surface area contributed by atoms with Gasteiger partial charge in [0.25, 0.3) is 0 Å². The third-order valence-corrected chi connectivity index (χ3v) is 5.05. The first kappa shape index (κ1) is 12.9. The number of rotatable bonds is 0. The topological polar surface area (TPSA) is 66.8 Å². The van der Waals surface area contributed by atoms with Crippen molar-refractivity contribution < 1.29 is 19.7 Å². The number of carbonyl (C=O) groups is 1. The van der Waals surface area contributed by atoms with Gasteiger partial charge in [-0.05, 0) is 32.6 Å². The summed E-state index contributed by atoms with van der Waals surface area (Å²) < 4.78 is 5.17. The number of aliphatic hydroxyl groups is 2. The molecule has 3 rings (SSSR count). The fraction of sp³-hybridized carbons (Fsp3) is 0.667. The van der Waals surface area contributed by atoms with Gasteiger partial charge in [-0.3, -0.25) is 0 Å². The molecule has 0 aromatic carbocycles. The molecule has 104 valence electrons. The van der Waals surface area contributed by atoms with E-state index in [0.29, 0.717) is 17.6 Å². The van der Waals surface area contributed by atoms with Crippen LogP contribution >= 0.6 is 0 Å². The predicted octanol–water partition coefficient (Wildman–Crippen LogP) is 1.68. The Balaban J connectivity index is 2.19. The summed E-state index contributed by atoms with van der Waals surface area (Å²) in [5, 5.41) is 21.6. The highest BCUT2D eigenvalue weighted by atomic mass is 16.7. The molecule has 19 heavy (non-hydrogen) atoms. The second-order valence-corrected chi connectivity index (χ2v) is 6.30. The predicted molar refractivity (Wildman–Crippen MR) is 69.0 cm³/mol. The van der Waals surface area contributed by atoms with E-state index in [2.05, 4.69) is 0 Å². The molecule has 0 radical (unpaired) electrons. The van der Waals surface area contributed by atoms with Crippen molar-refractivity contribution in [2.45, 2.75) is 51.4 Å². The largest absolute Gasteiger partial charge is 0.426 e. The minimum absolute atomic E-state index is 0.116. The van der Waals surface area contributed by atoms with Crippen LogP contribution in [0, 0.1) is 11.8 Å². The summed E-state index contributed by atoms with van der Waals surface area (Å²) >= 11 is 0. The van der Waals surface area contributed by atoms with Crippen LogP contribution < -0.4 is 0 Å². The molecule has 0 aromatic rings. The van der Waals surface area contributed by atoms with Crippen molar-refractivity contribution >= 4 is 5.97 Å². The van der Waals surface area contributed by atoms with Gasteiger partial charge in [0, 0.05) is 23.5 Å². The van der Waals surface area contributed by atoms with Crippen molar-refractivity contribution in [3.8, 4) is 0 Å². The second kappa shape index (κ2) is 3.70. The third kappa shape index (κ3) is 1.56. The van der Waals surface area contributed by atoms with E-state index in [0.717, 1.165) is 6.42 Å². The maximum Gasteiger partial charge on any atom is 0.336 e. The van der Waals surface area contributed by atoms with Crippen molar-refractivity contribution in [3.63, 3.8) is 0 Å². The molecule has 2 aliphatic carbocycles. The maximum absolute atomic E-state index is 11.8. The smallest absolute Gasteiger partial charge is 0.336 e. The van der Waals surface area contributed by atoms with Crippen molar-refractivity contribution in [2.24, 2.45) is 11.8 Å². The molecule has 3 aliphatic rings. The molecule has 0 unspecified atom stereocenters. The molecule has 0 spiro atoms. The van der Waals surface area contributed by atoms with E-state index in [4.69, 9.17) is 4.74 Å². The molecule has 0 bridgehead atoms. The third-order valence-electron chi connectivity index (χ3n) is 5.05. The van der Waals surface area contributed by atoms with Gasteiger partial charge < -0.3 is 14.9 Å². The summed E-state index contributed by atoms with van der Waals surface area (Å²) in [5.41, 5.74) is 1.32. The van der Waals surface area contributed by atoms with Crippen LogP contribution in [0.3, 0.4) is 0 Å². The summed E-state index contributed by atoms with van der Waals surface area (Å²) in [4.78, 5) is 11.8. The second-order valence-electron chi connectivity index (χ2n) is 6.30. The van der Waals surface area contributed by atoms with Crippen molar-refractivity contribution in [1.29, 1.82) is 0 Å². The molecule has 1 aliphatic heterocycles. The quantitative estimate of drug-likeness (QED) is 0.516. The first-order valence-corrected chi connectivity index (χ1v) is 6.84. The van der Waals surface area contributed by atoms with Crippen LogP contribution in [-0.4, -0.2) is 27.6 Å². The summed E-state index contributed by atoms with van der Waals surface area (Å²) in [5.74, 6) is -2.42. The fourth-order valence-electron chi connectivity index (χ4n) is 3.86. The SMILES string of the molecule is CC1=C[C@@H]2C3=C(C)C(=O)O[C@@]3(O)C[C@@H](C)[C@]2(O)CC1. The van der Waals surface area contributed by atoms with Crippen LogP contribution in [0.2, 0.25) is 0 Å². The Morgan fingerprint density at radius 3 is 2.74 bits per heavy atom. The summed E-state index contributed by atoms with van der Waals surface area (Å²) in [6.45, 7) is 5.60. The number of ether oxygens (including phenoxy) is 1. The van der Waals surface area contributed by atoms with Crippen LogP contribution in [0.4, 0.5) is 0 Å². The highest BCUT2D eigenvalue weighted by Gasteiger charge is 2.60. The normalized spacial score (nSPS) is 45.5.